The number of aromatic nitrogens is 2. The molecule has 11 aromatic rings. The highest BCUT2D eigenvalue weighted by atomic mass is 15.0. The molecule has 0 saturated carbocycles. The van der Waals surface area contributed by atoms with Gasteiger partial charge in [0.15, 0.2) is 0 Å². The fourth-order valence-electron chi connectivity index (χ4n) is 9.98. The molecule has 0 unspecified atom stereocenters. The lowest BCUT2D eigenvalue weighted by atomic mass is 9.82. The second kappa shape index (κ2) is 12.8. The van der Waals surface area contributed by atoms with Crippen molar-refractivity contribution >= 4 is 43.6 Å². The lowest BCUT2D eigenvalue weighted by Gasteiger charge is -2.22. The first-order valence-corrected chi connectivity index (χ1v) is 20.6. The Labute approximate surface area is 343 Å². The summed E-state index contributed by atoms with van der Waals surface area (Å²) in [7, 11) is 0. The van der Waals surface area contributed by atoms with E-state index in [4.69, 9.17) is 0 Å². The summed E-state index contributed by atoms with van der Waals surface area (Å²) in [4.78, 5) is 0. The molecule has 0 fully saturated rings. The zero-order valence-corrected chi connectivity index (χ0v) is 33.0. The zero-order chi connectivity index (χ0) is 39.2. The molecule has 0 N–H and O–H groups in total. The largest absolute Gasteiger partial charge is 0.309 e. The van der Waals surface area contributed by atoms with Crippen molar-refractivity contribution in [3.63, 3.8) is 0 Å². The van der Waals surface area contributed by atoms with Gasteiger partial charge in [0.05, 0.1) is 22.1 Å². The number of hydrogen-bond donors (Lipinski definition) is 0. The zero-order valence-electron chi connectivity index (χ0n) is 33.0. The SMILES string of the molecule is CC1(C)c2ccccc2-c2ccc(-n3c4ccc(-c5ccc(-c6ccccc6)cc5)cc4c4cc(-c5ccc6c7ccccc7n(-c7ccccc7)c6c5)ccc43)cc21. The summed E-state index contributed by atoms with van der Waals surface area (Å²) in [6.07, 6.45) is 0. The van der Waals surface area contributed by atoms with E-state index in [-0.39, 0.29) is 5.41 Å². The van der Waals surface area contributed by atoms with E-state index in [1.54, 1.807) is 0 Å². The van der Waals surface area contributed by atoms with Gasteiger partial charge in [0, 0.05) is 38.3 Å². The quantitative estimate of drug-likeness (QED) is 0.166. The van der Waals surface area contributed by atoms with Crippen LogP contribution in [-0.2, 0) is 5.41 Å². The molecule has 0 aliphatic heterocycles. The van der Waals surface area contributed by atoms with Crippen LogP contribution in [-0.4, -0.2) is 9.13 Å². The summed E-state index contributed by atoms with van der Waals surface area (Å²) in [6, 6.07) is 76.1. The number of benzene rings is 9. The van der Waals surface area contributed by atoms with Crippen molar-refractivity contribution in [3.05, 3.63) is 217 Å². The Hall–Kier alpha value is -7.42. The second-order valence-electron chi connectivity index (χ2n) is 16.6. The summed E-state index contributed by atoms with van der Waals surface area (Å²) >= 11 is 0. The normalized spacial score (nSPS) is 13.1. The Bertz CT molecular complexity index is 3440. The maximum atomic E-state index is 2.48. The first kappa shape index (κ1) is 33.7. The minimum absolute atomic E-state index is 0.0895. The lowest BCUT2D eigenvalue weighted by molar-refractivity contribution is 0.660. The van der Waals surface area contributed by atoms with Crippen LogP contribution in [0.25, 0.3) is 99.5 Å². The van der Waals surface area contributed by atoms with E-state index in [2.05, 4.69) is 229 Å². The smallest absolute Gasteiger partial charge is 0.0547 e. The molecular weight excluding hydrogens is 713 g/mol. The van der Waals surface area contributed by atoms with Crippen LogP contribution in [0.3, 0.4) is 0 Å². The van der Waals surface area contributed by atoms with Gasteiger partial charge in [0.25, 0.3) is 0 Å². The Kier molecular flexibility index (Phi) is 7.31. The van der Waals surface area contributed by atoms with Crippen molar-refractivity contribution in [2.24, 2.45) is 0 Å². The van der Waals surface area contributed by atoms with Gasteiger partial charge in [-0.2, -0.15) is 0 Å². The van der Waals surface area contributed by atoms with Crippen LogP contribution in [0, 0.1) is 0 Å². The monoisotopic (exact) mass is 752 g/mol. The van der Waals surface area contributed by atoms with E-state index in [1.165, 1.54) is 111 Å². The van der Waals surface area contributed by atoms with E-state index in [1.807, 2.05) is 0 Å². The summed E-state index contributed by atoms with van der Waals surface area (Å²) in [5.74, 6) is 0. The molecule has 1 aliphatic carbocycles. The molecule has 278 valence electrons. The topological polar surface area (TPSA) is 9.86 Å². The molecule has 0 atom stereocenters. The van der Waals surface area contributed by atoms with Crippen LogP contribution in [0.15, 0.2) is 206 Å². The summed E-state index contributed by atoms with van der Waals surface area (Å²) in [5, 5.41) is 5.01. The summed E-state index contributed by atoms with van der Waals surface area (Å²) < 4.78 is 4.88. The van der Waals surface area contributed by atoms with Gasteiger partial charge in [-0.1, -0.05) is 159 Å². The van der Waals surface area contributed by atoms with E-state index >= 15 is 0 Å². The molecule has 0 spiro atoms. The van der Waals surface area contributed by atoms with Crippen molar-refractivity contribution in [2.45, 2.75) is 19.3 Å². The van der Waals surface area contributed by atoms with Crippen LogP contribution in [0.5, 0.6) is 0 Å². The molecule has 2 aromatic heterocycles. The molecule has 0 bridgehead atoms. The first-order valence-electron chi connectivity index (χ1n) is 20.6. The highest BCUT2D eigenvalue weighted by molar-refractivity contribution is 6.13. The minimum Gasteiger partial charge on any atom is -0.309 e. The number of hydrogen-bond acceptors (Lipinski definition) is 0. The Morgan fingerprint density at radius 2 is 0.780 bits per heavy atom. The highest BCUT2D eigenvalue weighted by Crippen LogP contribution is 2.50. The molecule has 59 heavy (non-hydrogen) atoms. The maximum Gasteiger partial charge on any atom is 0.0547 e. The van der Waals surface area contributed by atoms with Gasteiger partial charge < -0.3 is 9.13 Å². The Morgan fingerprint density at radius 3 is 1.53 bits per heavy atom. The standard InChI is InChI=1S/C57H40N2/c1-57(2)51-19-11-9-17-45(51)46-30-28-44(36-52(46)57)59-54-31-26-40(39-23-21-38(22-24-39)37-13-5-3-6-14-37)33-49(54)50-34-41(27-32-55(50)59)42-25-29-48-47-18-10-12-20-53(47)58(56(48)35-42)43-15-7-4-8-16-43/h3-36H,1-2H3. The predicted octanol–water partition coefficient (Wildman–Crippen LogP) is 15.2. The highest BCUT2D eigenvalue weighted by Gasteiger charge is 2.35. The molecule has 12 rings (SSSR count). The number of fused-ring (bicyclic) bond motifs is 9. The Balaban J connectivity index is 1.06. The number of rotatable bonds is 5. The van der Waals surface area contributed by atoms with E-state index < -0.39 is 0 Å². The third-order valence-corrected chi connectivity index (χ3v) is 12.9. The number of nitrogens with zero attached hydrogens (tertiary/aromatic N) is 2. The van der Waals surface area contributed by atoms with Crippen LogP contribution in [0.2, 0.25) is 0 Å². The van der Waals surface area contributed by atoms with Gasteiger partial charge in [-0.15, -0.1) is 0 Å². The van der Waals surface area contributed by atoms with Gasteiger partial charge in [-0.25, -0.2) is 0 Å². The van der Waals surface area contributed by atoms with Gasteiger partial charge in [0.1, 0.15) is 0 Å². The van der Waals surface area contributed by atoms with Gasteiger partial charge in [-0.3, -0.25) is 0 Å². The van der Waals surface area contributed by atoms with Crippen LogP contribution >= 0.6 is 0 Å². The average Bonchev–Trinajstić information content (AvgIpc) is 3.89. The van der Waals surface area contributed by atoms with Gasteiger partial charge in [0.2, 0.25) is 0 Å². The van der Waals surface area contributed by atoms with Crippen LogP contribution in [0.1, 0.15) is 25.0 Å². The fraction of sp³-hybridized carbons (Fsp3) is 0.0526. The molecule has 2 heteroatoms. The molecule has 0 radical (unpaired) electrons. The predicted molar refractivity (Wildman–Crippen MR) is 249 cm³/mol. The van der Waals surface area contributed by atoms with Gasteiger partial charge >= 0.3 is 0 Å². The summed E-state index contributed by atoms with van der Waals surface area (Å²) in [5.41, 5.74) is 19.8. The summed E-state index contributed by atoms with van der Waals surface area (Å²) in [6.45, 7) is 4.73. The molecule has 9 aromatic carbocycles. The minimum atomic E-state index is -0.0895. The van der Waals surface area contributed by atoms with E-state index in [0.29, 0.717) is 0 Å². The number of para-hydroxylation sites is 2. The Morgan fingerprint density at radius 1 is 0.288 bits per heavy atom. The molecular formula is C57H40N2. The lowest BCUT2D eigenvalue weighted by Crippen LogP contribution is -2.15. The van der Waals surface area contributed by atoms with Crippen molar-refractivity contribution in [1.29, 1.82) is 0 Å². The van der Waals surface area contributed by atoms with Crippen molar-refractivity contribution in [3.8, 4) is 55.9 Å². The third kappa shape index (κ3) is 5.13. The fourth-order valence-corrected chi connectivity index (χ4v) is 9.98. The van der Waals surface area contributed by atoms with Gasteiger partial charge in [-0.05, 0) is 116 Å². The second-order valence-corrected chi connectivity index (χ2v) is 16.6. The van der Waals surface area contributed by atoms with E-state index in [0.717, 1.165) is 0 Å². The van der Waals surface area contributed by atoms with Crippen molar-refractivity contribution in [1.82, 2.24) is 9.13 Å². The first-order chi connectivity index (χ1) is 29.0. The van der Waals surface area contributed by atoms with E-state index in [9.17, 15) is 0 Å². The third-order valence-electron chi connectivity index (χ3n) is 12.9. The van der Waals surface area contributed by atoms with Crippen molar-refractivity contribution < 1.29 is 0 Å². The van der Waals surface area contributed by atoms with Crippen molar-refractivity contribution in [2.75, 3.05) is 0 Å². The molecule has 0 amide bonds. The average molecular weight is 753 g/mol. The van der Waals surface area contributed by atoms with Crippen LogP contribution in [0.4, 0.5) is 0 Å². The molecule has 0 saturated heterocycles. The molecule has 2 heterocycles. The molecule has 1 aliphatic rings. The van der Waals surface area contributed by atoms with Crippen LogP contribution < -0.4 is 0 Å². The molecule has 2 nitrogen and oxygen atoms in total. The maximum absolute atomic E-state index is 2.48.